The van der Waals surface area contributed by atoms with Gasteiger partial charge in [0.1, 0.15) is 11.6 Å². The topological polar surface area (TPSA) is 21.3 Å². The Labute approximate surface area is 119 Å². The first-order chi connectivity index (χ1) is 9.72. The zero-order chi connectivity index (χ0) is 14.4. The van der Waals surface area contributed by atoms with Crippen molar-refractivity contribution in [2.24, 2.45) is 0 Å². The number of nitrogens with one attached hydrogen (secondary N) is 1. The molecule has 2 nitrogen and oxygen atoms in total. The SMILES string of the molecule is CCNC(Cc1ccc(OC)cc1)c1ccc(F)cc1. The van der Waals surface area contributed by atoms with Gasteiger partial charge in [0.05, 0.1) is 7.11 Å². The van der Waals surface area contributed by atoms with Crippen molar-refractivity contribution in [3.63, 3.8) is 0 Å². The van der Waals surface area contributed by atoms with Crippen LogP contribution in [0.5, 0.6) is 5.75 Å². The van der Waals surface area contributed by atoms with E-state index < -0.39 is 0 Å². The van der Waals surface area contributed by atoms with Crippen molar-refractivity contribution in [3.05, 3.63) is 65.5 Å². The smallest absolute Gasteiger partial charge is 0.123 e. The molecule has 0 bridgehead atoms. The lowest BCUT2D eigenvalue weighted by Gasteiger charge is -2.18. The molecule has 0 aliphatic carbocycles. The van der Waals surface area contributed by atoms with E-state index in [1.165, 1.54) is 17.7 Å². The van der Waals surface area contributed by atoms with Crippen molar-refractivity contribution in [1.29, 1.82) is 0 Å². The van der Waals surface area contributed by atoms with E-state index in [9.17, 15) is 4.39 Å². The molecule has 0 radical (unpaired) electrons. The molecular formula is C17H20FNO. The summed E-state index contributed by atoms with van der Waals surface area (Å²) in [5, 5.41) is 3.44. The van der Waals surface area contributed by atoms with Gasteiger partial charge in [0.15, 0.2) is 0 Å². The number of halogens is 1. The predicted molar refractivity (Wildman–Crippen MR) is 79.5 cm³/mol. The molecule has 0 spiro atoms. The fourth-order valence-corrected chi connectivity index (χ4v) is 2.25. The highest BCUT2D eigenvalue weighted by molar-refractivity contribution is 5.29. The molecule has 0 aliphatic heterocycles. The number of hydrogen-bond donors (Lipinski definition) is 1. The Morgan fingerprint density at radius 3 is 2.25 bits per heavy atom. The van der Waals surface area contributed by atoms with Crippen molar-refractivity contribution in [2.75, 3.05) is 13.7 Å². The van der Waals surface area contributed by atoms with Gasteiger partial charge in [0.25, 0.3) is 0 Å². The third-order valence-electron chi connectivity index (χ3n) is 3.32. The number of benzene rings is 2. The fourth-order valence-electron chi connectivity index (χ4n) is 2.25. The van der Waals surface area contributed by atoms with Gasteiger partial charge in [-0.15, -0.1) is 0 Å². The minimum Gasteiger partial charge on any atom is -0.497 e. The minimum atomic E-state index is -0.201. The summed E-state index contributed by atoms with van der Waals surface area (Å²) in [6.45, 7) is 2.95. The lowest BCUT2D eigenvalue weighted by atomic mass is 9.98. The third-order valence-corrected chi connectivity index (χ3v) is 3.32. The Morgan fingerprint density at radius 2 is 1.70 bits per heavy atom. The molecule has 1 atom stereocenters. The largest absolute Gasteiger partial charge is 0.497 e. The molecule has 1 N–H and O–H groups in total. The molecule has 0 heterocycles. The highest BCUT2D eigenvalue weighted by Gasteiger charge is 2.11. The molecule has 0 aliphatic rings. The first-order valence-corrected chi connectivity index (χ1v) is 6.84. The van der Waals surface area contributed by atoms with Gasteiger partial charge in [0.2, 0.25) is 0 Å². The van der Waals surface area contributed by atoms with Crippen LogP contribution in [0.1, 0.15) is 24.1 Å². The Bertz CT molecular complexity index is 522. The summed E-state index contributed by atoms with van der Waals surface area (Å²) in [5.74, 6) is 0.656. The van der Waals surface area contributed by atoms with E-state index >= 15 is 0 Å². The van der Waals surface area contributed by atoms with Crippen LogP contribution in [0, 0.1) is 5.82 Å². The molecule has 106 valence electrons. The van der Waals surface area contributed by atoms with Crippen LogP contribution in [-0.4, -0.2) is 13.7 Å². The average molecular weight is 273 g/mol. The van der Waals surface area contributed by atoms with Gasteiger partial charge in [-0.3, -0.25) is 0 Å². The van der Waals surface area contributed by atoms with Gasteiger partial charge < -0.3 is 10.1 Å². The van der Waals surface area contributed by atoms with Gasteiger partial charge in [0, 0.05) is 6.04 Å². The summed E-state index contributed by atoms with van der Waals surface area (Å²) in [7, 11) is 1.66. The monoisotopic (exact) mass is 273 g/mol. The molecule has 0 fully saturated rings. The molecular weight excluding hydrogens is 253 g/mol. The number of likely N-dealkylation sites (N-methyl/N-ethyl adjacent to an activating group) is 1. The standard InChI is InChI=1S/C17H20FNO/c1-3-19-17(14-6-8-15(18)9-7-14)12-13-4-10-16(20-2)11-5-13/h4-11,17,19H,3,12H2,1-2H3. The Balaban J connectivity index is 2.13. The van der Waals surface area contributed by atoms with E-state index in [2.05, 4.69) is 24.4 Å². The zero-order valence-corrected chi connectivity index (χ0v) is 11.9. The molecule has 1 unspecified atom stereocenters. The summed E-state index contributed by atoms with van der Waals surface area (Å²) in [6, 6.07) is 14.9. The second-order valence-corrected chi connectivity index (χ2v) is 4.71. The lowest BCUT2D eigenvalue weighted by molar-refractivity contribution is 0.414. The van der Waals surface area contributed by atoms with Gasteiger partial charge in [-0.25, -0.2) is 4.39 Å². The van der Waals surface area contributed by atoms with E-state index in [1.54, 1.807) is 7.11 Å². The number of ether oxygens (including phenoxy) is 1. The van der Waals surface area contributed by atoms with Crippen molar-refractivity contribution >= 4 is 0 Å². The first kappa shape index (κ1) is 14.5. The van der Waals surface area contributed by atoms with Crippen molar-refractivity contribution in [1.82, 2.24) is 5.32 Å². The summed E-state index contributed by atoms with van der Waals surface area (Å²) in [5.41, 5.74) is 2.32. The predicted octanol–water partition coefficient (Wildman–Crippen LogP) is 3.73. The number of methoxy groups -OCH3 is 1. The average Bonchev–Trinajstić information content (AvgIpc) is 2.48. The Kier molecular flexibility index (Phi) is 5.13. The van der Waals surface area contributed by atoms with Gasteiger partial charge in [-0.1, -0.05) is 31.2 Å². The molecule has 2 rings (SSSR count). The molecule has 2 aromatic carbocycles. The fraction of sp³-hybridized carbons (Fsp3) is 0.294. The molecule has 20 heavy (non-hydrogen) atoms. The van der Waals surface area contributed by atoms with Crippen LogP contribution in [0.3, 0.4) is 0 Å². The summed E-state index contributed by atoms with van der Waals surface area (Å²) in [4.78, 5) is 0. The summed E-state index contributed by atoms with van der Waals surface area (Å²) in [6.07, 6.45) is 0.865. The quantitative estimate of drug-likeness (QED) is 0.866. The van der Waals surface area contributed by atoms with Crippen LogP contribution in [0.4, 0.5) is 4.39 Å². The van der Waals surface area contributed by atoms with Gasteiger partial charge >= 0.3 is 0 Å². The Hall–Kier alpha value is -1.87. The minimum absolute atomic E-state index is 0.189. The summed E-state index contributed by atoms with van der Waals surface area (Å²) >= 11 is 0. The van der Waals surface area contributed by atoms with Crippen LogP contribution in [-0.2, 0) is 6.42 Å². The van der Waals surface area contributed by atoms with Crippen LogP contribution in [0.2, 0.25) is 0 Å². The van der Waals surface area contributed by atoms with Crippen LogP contribution < -0.4 is 10.1 Å². The maximum Gasteiger partial charge on any atom is 0.123 e. The normalized spacial score (nSPS) is 12.2. The second-order valence-electron chi connectivity index (χ2n) is 4.71. The highest BCUT2D eigenvalue weighted by atomic mass is 19.1. The van der Waals surface area contributed by atoms with E-state index in [0.29, 0.717) is 0 Å². The molecule has 3 heteroatoms. The van der Waals surface area contributed by atoms with E-state index in [0.717, 1.165) is 24.3 Å². The van der Waals surface area contributed by atoms with Crippen molar-refractivity contribution < 1.29 is 9.13 Å². The van der Waals surface area contributed by atoms with Crippen molar-refractivity contribution in [3.8, 4) is 5.75 Å². The van der Waals surface area contributed by atoms with E-state index in [1.807, 2.05) is 24.3 Å². The lowest BCUT2D eigenvalue weighted by Crippen LogP contribution is -2.22. The molecule has 0 aromatic heterocycles. The highest BCUT2D eigenvalue weighted by Crippen LogP contribution is 2.20. The Morgan fingerprint density at radius 1 is 1.05 bits per heavy atom. The molecule has 0 amide bonds. The van der Waals surface area contributed by atoms with E-state index in [4.69, 9.17) is 4.74 Å². The third kappa shape index (κ3) is 3.81. The second kappa shape index (κ2) is 7.06. The summed E-state index contributed by atoms with van der Waals surface area (Å²) < 4.78 is 18.2. The first-order valence-electron chi connectivity index (χ1n) is 6.84. The van der Waals surface area contributed by atoms with Gasteiger partial charge in [-0.2, -0.15) is 0 Å². The van der Waals surface area contributed by atoms with Crippen LogP contribution >= 0.6 is 0 Å². The van der Waals surface area contributed by atoms with Crippen LogP contribution in [0.15, 0.2) is 48.5 Å². The van der Waals surface area contributed by atoms with Gasteiger partial charge in [-0.05, 0) is 48.4 Å². The van der Waals surface area contributed by atoms with Crippen LogP contribution in [0.25, 0.3) is 0 Å². The number of rotatable bonds is 6. The van der Waals surface area contributed by atoms with E-state index in [-0.39, 0.29) is 11.9 Å². The maximum absolute atomic E-state index is 13.0. The zero-order valence-electron chi connectivity index (χ0n) is 11.9. The van der Waals surface area contributed by atoms with Crippen molar-refractivity contribution in [2.45, 2.75) is 19.4 Å². The molecule has 0 saturated carbocycles. The molecule has 0 saturated heterocycles. The maximum atomic E-state index is 13.0. The number of hydrogen-bond acceptors (Lipinski definition) is 2. The molecule has 2 aromatic rings.